The number of esters is 2. The molecule has 0 saturated heterocycles. The molecule has 0 atom stereocenters. The Kier molecular flexibility index (Phi) is 8.41. The van der Waals surface area contributed by atoms with Crippen molar-refractivity contribution in [3.63, 3.8) is 0 Å². The Morgan fingerprint density at radius 3 is 1.78 bits per heavy atom. The van der Waals surface area contributed by atoms with Crippen LogP contribution in [0.15, 0.2) is 0 Å². The number of carbonyl (C=O) groups is 3. The second-order valence-electron chi connectivity index (χ2n) is 2.32. The fourth-order valence-corrected chi connectivity index (χ4v) is 0.330. The third kappa shape index (κ3) is 11.5. The number of halogens is 3. The van der Waals surface area contributed by atoms with Crippen molar-refractivity contribution in [2.75, 3.05) is 0 Å². The Balaban J connectivity index is 0. The number of carboxylic acids is 1. The molecule has 0 fully saturated rings. The van der Waals surface area contributed by atoms with Gasteiger partial charge < -0.3 is 9.84 Å². The Hall–Kier alpha value is -2.62. The zero-order valence-electron chi connectivity index (χ0n) is 8.52. The first-order chi connectivity index (χ1) is 8.15. The summed E-state index contributed by atoms with van der Waals surface area (Å²) < 4.78 is 37.3. The Morgan fingerprint density at radius 2 is 1.56 bits per heavy atom. The molecule has 0 radical (unpaired) electrons. The fraction of sp³-hybridized carbons (Fsp3) is 0.375. The molecule has 0 aliphatic rings. The van der Waals surface area contributed by atoms with Gasteiger partial charge in [0.1, 0.15) is 12.8 Å². The highest BCUT2D eigenvalue weighted by molar-refractivity contribution is 5.89. The maximum Gasteiger partial charge on any atom is 0.491 e. The van der Waals surface area contributed by atoms with Gasteiger partial charge in [-0.25, -0.2) is 4.79 Å². The normalized spacial score (nSPS) is 8.94. The molecular formula is C8H5F3N2O5. The van der Waals surface area contributed by atoms with Crippen molar-refractivity contribution in [2.45, 2.75) is 19.0 Å². The van der Waals surface area contributed by atoms with E-state index in [-0.39, 0.29) is 0 Å². The lowest BCUT2D eigenvalue weighted by atomic mass is 10.5. The van der Waals surface area contributed by atoms with E-state index in [9.17, 15) is 27.6 Å². The first kappa shape index (κ1) is 17.8. The van der Waals surface area contributed by atoms with Gasteiger partial charge in [0.25, 0.3) is 0 Å². The number of carbonyl (C=O) groups excluding carboxylic acids is 2. The number of ether oxygens (including phenoxy) is 1. The van der Waals surface area contributed by atoms with Crippen LogP contribution < -0.4 is 0 Å². The van der Waals surface area contributed by atoms with E-state index in [0.717, 1.165) is 0 Å². The summed E-state index contributed by atoms with van der Waals surface area (Å²) in [5.74, 6) is -5.19. The van der Waals surface area contributed by atoms with Gasteiger partial charge in [0.15, 0.2) is 0 Å². The molecule has 0 unspecified atom stereocenters. The average Bonchev–Trinajstić information content (AvgIpc) is 2.16. The standard InChI is InChI=1S/C5H2F3NO3.C3H3NO2/c6-5(7,8)4(11)12-3(10)1-2-9;4-2-1-3(5)6/h1H2;1H2,(H,5,6). The first-order valence-electron chi connectivity index (χ1n) is 3.92. The number of carboxylic acid groups (broad SMARTS) is 1. The van der Waals surface area contributed by atoms with Crippen molar-refractivity contribution in [1.82, 2.24) is 0 Å². The fourth-order valence-electron chi connectivity index (χ4n) is 0.330. The van der Waals surface area contributed by atoms with E-state index in [0.29, 0.717) is 0 Å². The lowest BCUT2D eigenvalue weighted by Crippen LogP contribution is -2.27. The summed E-state index contributed by atoms with van der Waals surface area (Å²) in [7, 11) is 0. The van der Waals surface area contributed by atoms with Crippen LogP contribution in [0, 0.1) is 22.7 Å². The highest BCUT2D eigenvalue weighted by Gasteiger charge is 2.42. The quantitative estimate of drug-likeness (QED) is 0.569. The second kappa shape index (κ2) is 8.52. The molecule has 0 rings (SSSR count). The summed E-state index contributed by atoms with van der Waals surface area (Å²) in [4.78, 5) is 29.4. The maximum absolute atomic E-state index is 11.3. The Labute approximate surface area is 98.0 Å². The number of nitriles is 2. The van der Waals surface area contributed by atoms with Gasteiger partial charge >= 0.3 is 24.1 Å². The first-order valence-corrected chi connectivity index (χ1v) is 3.92. The minimum absolute atomic E-state index is 0.403. The van der Waals surface area contributed by atoms with Crippen LogP contribution in [-0.4, -0.2) is 29.2 Å². The number of nitrogens with zero attached hydrogens (tertiary/aromatic N) is 2. The van der Waals surface area contributed by atoms with Crippen LogP contribution in [0.3, 0.4) is 0 Å². The smallest absolute Gasteiger partial charge is 0.480 e. The van der Waals surface area contributed by atoms with E-state index in [1.807, 2.05) is 0 Å². The van der Waals surface area contributed by atoms with Crippen molar-refractivity contribution in [1.29, 1.82) is 10.5 Å². The van der Waals surface area contributed by atoms with E-state index in [4.69, 9.17) is 15.6 Å². The van der Waals surface area contributed by atoms with Crippen molar-refractivity contribution in [3.8, 4) is 12.1 Å². The Morgan fingerprint density at radius 1 is 1.11 bits per heavy atom. The molecular weight excluding hydrogens is 261 g/mol. The molecule has 0 spiro atoms. The van der Waals surface area contributed by atoms with Gasteiger partial charge in [-0.3, -0.25) is 9.59 Å². The molecule has 0 aliphatic heterocycles. The zero-order chi connectivity index (χ0) is 14.8. The minimum atomic E-state index is -5.20. The number of hydrogen-bond acceptors (Lipinski definition) is 6. The van der Waals surface area contributed by atoms with Crippen LogP contribution in [0.1, 0.15) is 12.8 Å². The van der Waals surface area contributed by atoms with E-state index in [2.05, 4.69) is 4.74 Å². The predicted octanol–water partition coefficient (Wildman–Crippen LogP) is 0.517. The summed E-state index contributed by atoms with van der Waals surface area (Å²) >= 11 is 0. The number of hydrogen-bond donors (Lipinski definition) is 1. The van der Waals surface area contributed by atoms with Crippen LogP contribution in [0.5, 0.6) is 0 Å². The summed E-state index contributed by atoms with van der Waals surface area (Å²) in [5.41, 5.74) is 0. The molecule has 0 aliphatic carbocycles. The largest absolute Gasteiger partial charge is 0.491 e. The lowest BCUT2D eigenvalue weighted by Gasteiger charge is -2.02. The summed E-state index contributed by atoms with van der Waals surface area (Å²) in [5, 5.41) is 23.1. The number of aliphatic carboxylic acids is 1. The Bertz CT molecular complexity index is 404. The molecule has 0 aromatic heterocycles. The third-order valence-electron chi connectivity index (χ3n) is 0.892. The molecule has 0 heterocycles. The monoisotopic (exact) mass is 266 g/mol. The maximum atomic E-state index is 11.3. The summed E-state index contributed by atoms with van der Waals surface area (Å²) in [6, 6.07) is 2.70. The van der Waals surface area contributed by atoms with Gasteiger partial charge in [-0.05, 0) is 0 Å². The van der Waals surface area contributed by atoms with Crippen LogP contribution >= 0.6 is 0 Å². The van der Waals surface area contributed by atoms with Gasteiger partial charge in [0.2, 0.25) is 0 Å². The van der Waals surface area contributed by atoms with Gasteiger partial charge in [-0.2, -0.15) is 23.7 Å². The van der Waals surface area contributed by atoms with Crippen LogP contribution in [0.25, 0.3) is 0 Å². The molecule has 1 N–H and O–H groups in total. The van der Waals surface area contributed by atoms with E-state index in [1.165, 1.54) is 12.1 Å². The molecule has 0 amide bonds. The molecule has 18 heavy (non-hydrogen) atoms. The topological polar surface area (TPSA) is 128 Å². The second-order valence-corrected chi connectivity index (χ2v) is 2.32. The molecule has 0 bridgehead atoms. The van der Waals surface area contributed by atoms with Gasteiger partial charge in [-0.15, -0.1) is 0 Å². The molecule has 0 aromatic rings. The van der Waals surface area contributed by atoms with Gasteiger partial charge in [0, 0.05) is 0 Å². The zero-order valence-corrected chi connectivity index (χ0v) is 8.52. The molecule has 7 nitrogen and oxygen atoms in total. The SMILES string of the molecule is N#CCC(=O)O.N#CCC(=O)OC(=O)C(F)(F)F. The summed E-state index contributed by atoms with van der Waals surface area (Å²) in [6.45, 7) is 0. The number of alkyl halides is 3. The van der Waals surface area contributed by atoms with Crippen LogP contribution in [0.4, 0.5) is 13.2 Å². The highest BCUT2D eigenvalue weighted by Crippen LogP contribution is 2.16. The van der Waals surface area contributed by atoms with Crippen molar-refractivity contribution in [3.05, 3.63) is 0 Å². The minimum Gasteiger partial charge on any atom is -0.480 e. The van der Waals surface area contributed by atoms with E-state index in [1.54, 1.807) is 0 Å². The average molecular weight is 266 g/mol. The van der Waals surface area contributed by atoms with Crippen LogP contribution in [0.2, 0.25) is 0 Å². The van der Waals surface area contributed by atoms with Crippen LogP contribution in [-0.2, 0) is 19.1 Å². The summed E-state index contributed by atoms with van der Waals surface area (Å²) in [6.07, 6.45) is -6.49. The molecule has 98 valence electrons. The third-order valence-corrected chi connectivity index (χ3v) is 0.892. The molecule has 0 saturated carbocycles. The van der Waals surface area contributed by atoms with Gasteiger partial charge in [-0.1, -0.05) is 0 Å². The van der Waals surface area contributed by atoms with Crippen molar-refractivity contribution < 1.29 is 37.4 Å². The van der Waals surface area contributed by atoms with Crippen molar-refractivity contribution >= 4 is 17.9 Å². The van der Waals surface area contributed by atoms with Gasteiger partial charge in [0.05, 0.1) is 12.1 Å². The number of rotatable bonds is 2. The predicted molar refractivity (Wildman–Crippen MR) is 45.2 cm³/mol. The highest BCUT2D eigenvalue weighted by atomic mass is 19.4. The van der Waals surface area contributed by atoms with Crippen molar-refractivity contribution in [2.24, 2.45) is 0 Å². The molecule has 0 aromatic carbocycles. The van der Waals surface area contributed by atoms with E-state index < -0.39 is 36.9 Å². The van der Waals surface area contributed by atoms with E-state index >= 15 is 0 Å². The molecule has 10 heteroatoms. The lowest BCUT2D eigenvalue weighted by molar-refractivity contribution is -0.201.